The predicted octanol–water partition coefficient (Wildman–Crippen LogP) is 4.28. The Balaban J connectivity index is 2.29. The number of ether oxygens (including phenoxy) is 1. The Morgan fingerprint density at radius 1 is 1.19 bits per heavy atom. The lowest BCUT2D eigenvalue weighted by Crippen LogP contribution is -2.01. The SMILES string of the molecule is COc1cc(-n2c(N)nc3cc(F)c(Br)cc32)ccc1Br. The van der Waals surface area contributed by atoms with E-state index in [0.29, 0.717) is 21.3 Å². The van der Waals surface area contributed by atoms with Crippen molar-refractivity contribution in [1.82, 2.24) is 9.55 Å². The molecule has 0 atom stereocenters. The highest BCUT2D eigenvalue weighted by Gasteiger charge is 2.14. The first-order valence-corrected chi connectivity index (χ1v) is 7.56. The van der Waals surface area contributed by atoms with E-state index >= 15 is 0 Å². The number of anilines is 1. The lowest BCUT2D eigenvalue weighted by molar-refractivity contribution is 0.412. The maximum absolute atomic E-state index is 13.6. The van der Waals surface area contributed by atoms with Crippen molar-refractivity contribution in [2.45, 2.75) is 0 Å². The fourth-order valence-corrected chi connectivity index (χ4v) is 2.89. The van der Waals surface area contributed by atoms with Gasteiger partial charge in [0.25, 0.3) is 0 Å². The van der Waals surface area contributed by atoms with Crippen LogP contribution in [0.25, 0.3) is 16.7 Å². The molecule has 1 heterocycles. The molecule has 2 N–H and O–H groups in total. The Kier molecular flexibility index (Phi) is 3.62. The number of nitrogen functional groups attached to an aromatic ring is 1. The van der Waals surface area contributed by atoms with Crippen LogP contribution in [-0.2, 0) is 0 Å². The minimum absolute atomic E-state index is 0.284. The smallest absolute Gasteiger partial charge is 0.205 e. The summed E-state index contributed by atoms with van der Waals surface area (Å²) in [5.74, 6) is 0.585. The van der Waals surface area contributed by atoms with Crippen LogP contribution in [-0.4, -0.2) is 16.7 Å². The van der Waals surface area contributed by atoms with Crippen molar-refractivity contribution in [2.24, 2.45) is 0 Å². The monoisotopic (exact) mass is 413 g/mol. The van der Waals surface area contributed by atoms with Gasteiger partial charge in [-0.25, -0.2) is 9.37 Å². The summed E-state index contributed by atoms with van der Waals surface area (Å²) in [5.41, 5.74) is 7.97. The minimum atomic E-state index is -0.375. The third-order valence-electron chi connectivity index (χ3n) is 3.12. The number of nitrogens with two attached hydrogens (primary N) is 1. The van der Waals surface area contributed by atoms with Gasteiger partial charge in [-0.15, -0.1) is 0 Å². The highest BCUT2D eigenvalue weighted by atomic mass is 79.9. The first-order chi connectivity index (χ1) is 10.0. The summed E-state index contributed by atoms with van der Waals surface area (Å²) in [4.78, 5) is 4.20. The van der Waals surface area contributed by atoms with Crippen LogP contribution in [0.3, 0.4) is 0 Å². The van der Waals surface area contributed by atoms with Crippen LogP contribution in [0.5, 0.6) is 5.75 Å². The number of nitrogens with zero attached hydrogens (tertiary/aromatic N) is 2. The normalized spacial score (nSPS) is 11.0. The third kappa shape index (κ3) is 2.40. The summed E-state index contributed by atoms with van der Waals surface area (Å²) < 4.78 is 21.8. The number of aromatic nitrogens is 2. The zero-order valence-corrected chi connectivity index (χ0v) is 14.1. The fraction of sp³-hybridized carbons (Fsp3) is 0.0714. The summed E-state index contributed by atoms with van der Waals surface area (Å²) in [7, 11) is 1.59. The van der Waals surface area contributed by atoms with Gasteiger partial charge in [-0.2, -0.15) is 0 Å². The summed E-state index contributed by atoms with van der Waals surface area (Å²) in [6.45, 7) is 0. The molecule has 4 nitrogen and oxygen atoms in total. The van der Waals surface area contributed by atoms with E-state index in [1.165, 1.54) is 6.07 Å². The first-order valence-electron chi connectivity index (χ1n) is 5.98. The van der Waals surface area contributed by atoms with Gasteiger partial charge < -0.3 is 10.5 Å². The molecule has 0 saturated carbocycles. The molecule has 0 radical (unpaired) electrons. The number of hydrogen-bond donors (Lipinski definition) is 1. The van der Waals surface area contributed by atoms with Crippen molar-refractivity contribution < 1.29 is 9.13 Å². The molecule has 0 spiro atoms. The van der Waals surface area contributed by atoms with Crippen LogP contribution in [0.15, 0.2) is 39.3 Å². The summed E-state index contributed by atoms with van der Waals surface area (Å²) >= 11 is 6.59. The van der Waals surface area contributed by atoms with Gasteiger partial charge in [0.2, 0.25) is 5.95 Å². The van der Waals surface area contributed by atoms with E-state index in [9.17, 15) is 4.39 Å². The highest BCUT2D eigenvalue weighted by molar-refractivity contribution is 9.10. The maximum atomic E-state index is 13.6. The van der Waals surface area contributed by atoms with Crippen LogP contribution < -0.4 is 10.5 Å². The van der Waals surface area contributed by atoms with Crippen LogP contribution in [0.4, 0.5) is 10.3 Å². The molecule has 0 saturated heterocycles. The molecule has 7 heteroatoms. The van der Waals surface area contributed by atoms with Gasteiger partial charge in [-0.3, -0.25) is 4.57 Å². The molecule has 3 aromatic rings. The molecule has 0 aliphatic rings. The summed E-state index contributed by atoms with van der Waals surface area (Å²) in [6, 6.07) is 8.57. The fourth-order valence-electron chi connectivity index (χ4n) is 2.15. The topological polar surface area (TPSA) is 53.1 Å². The van der Waals surface area contributed by atoms with Crippen molar-refractivity contribution >= 4 is 48.8 Å². The number of rotatable bonds is 2. The van der Waals surface area contributed by atoms with Crippen molar-refractivity contribution in [3.8, 4) is 11.4 Å². The molecular weight excluding hydrogens is 405 g/mol. The van der Waals surface area contributed by atoms with Gasteiger partial charge in [-0.05, 0) is 50.1 Å². The number of benzene rings is 2. The molecule has 3 rings (SSSR count). The van der Waals surface area contributed by atoms with Crippen LogP contribution in [0.1, 0.15) is 0 Å². The Morgan fingerprint density at radius 3 is 2.67 bits per heavy atom. The molecule has 21 heavy (non-hydrogen) atoms. The summed E-state index contributed by atoms with van der Waals surface area (Å²) in [5, 5.41) is 0. The number of fused-ring (bicyclic) bond motifs is 1. The average molecular weight is 415 g/mol. The largest absolute Gasteiger partial charge is 0.495 e. The standard InChI is InChI=1S/C14H10Br2FN3O/c1-21-13-4-7(2-3-8(13)15)20-12-5-9(16)10(17)6-11(12)19-14(20)18/h2-6H,1H3,(H2,18,19). The van der Waals surface area contributed by atoms with E-state index < -0.39 is 0 Å². The quantitative estimate of drug-likeness (QED) is 0.680. The van der Waals surface area contributed by atoms with Gasteiger partial charge in [0.15, 0.2) is 0 Å². The zero-order chi connectivity index (χ0) is 15.1. The van der Waals surface area contributed by atoms with E-state index in [-0.39, 0.29) is 11.8 Å². The van der Waals surface area contributed by atoms with Gasteiger partial charge in [0.05, 0.1) is 32.8 Å². The second-order valence-electron chi connectivity index (χ2n) is 4.38. The lowest BCUT2D eigenvalue weighted by Gasteiger charge is -2.10. The van der Waals surface area contributed by atoms with Crippen molar-refractivity contribution in [3.63, 3.8) is 0 Å². The lowest BCUT2D eigenvalue weighted by atomic mass is 10.2. The molecule has 0 fully saturated rings. The molecule has 0 aliphatic carbocycles. The van der Waals surface area contributed by atoms with Gasteiger partial charge in [-0.1, -0.05) is 0 Å². The molecule has 0 aliphatic heterocycles. The van der Waals surface area contributed by atoms with E-state index in [1.54, 1.807) is 17.7 Å². The maximum Gasteiger partial charge on any atom is 0.205 e. The Morgan fingerprint density at radius 2 is 1.95 bits per heavy atom. The van der Waals surface area contributed by atoms with Crippen LogP contribution in [0, 0.1) is 5.82 Å². The highest BCUT2D eigenvalue weighted by Crippen LogP contribution is 2.32. The van der Waals surface area contributed by atoms with Gasteiger partial charge >= 0.3 is 0 Å². The Hall–Kier alpha value is -1.60. The van der Waals surface area contributed by atoms with Crippen LogP contribution >= 0.6 is 31.9 Å². The molecule has 0 unspecified atom stereocenters. The number of halogens is 3. The minimum Gasteiger partial charge on any atom is -0.495 e. The number of methoxy groups -OCH3 is 1. The van der Waals surface area contributed by atoms with Crippen molar-refractivity contribution in [1.29, 1.82) is 0 Å². The molecule has 1 aromatic heterocycles. The summed E-state index contributed by atoms with van der Waals surface area (Å²) in [6.07, 6.45) is 0. The van der Waals surface area contributed by atoms with Gasteiger partial charge in [0.1, 0.15) is 11.6 Å². The van der Waals surface area contributed by atoms with E-state index in [4.69, 9.17) is 10.5 Å². The first kappa shape index (κ1) is 14.3. The predicted molar refractivity (Wildman–Crippen MR) is 87.4 cm³/mol. The molecule has 0 bridgehead atoms. The molecular formula is C14H10Br2FN3O. The van der Waals surface area contributed by atoms with Crippen molar-refractivity contribution in [3.05, 3.63) is 45.1 Å². The molecule has 2 aromatic carbocycles. The Bertz CT molecular complexity index is 848. The van der Waals surface area contributed by atoms with E-state index in [1.807, 2.05) is 18.2 Å². The van der Waals surface area contributed by atoms with Gasteiger partial charge in [0, 0.05) is 12.1 Å². The van der Waals surface area contributed by atoms with Crippen LogP contribution in [0.2, 0.25) is 0 Å². The molecule has 0 amide bonds. The Labute approximate surface area is 137 Å². The van der Waals surface area contributed by atoms with E-state index in [2.05, 4.69) is 36.8 Å². The second-order valence-corrected chi connectivity index (χ2v) is 6.09. The van der Waals surface area contributed by atoms with Crippen molar-refractivity contribution in [2.75, 3.05) is 12.8 Å². The zero-order valence-electron chi connectivity index (χ0n) is 10.9. The third-order valence-corrected chi connectivity index (χ3v) is 4.38. The number of hydrogen-bond acceptors (Lipinski definition) is 3. The number of imidazole rings is 1. The average Bonchev–Trinajstić information content (AvgIpc) is 2.75. The molecule has 108 valence electrons. The van der Waals surface area contributed by atoms with E-state index in [0.717, 1.165) is 10.2 Å². The second kappa shape index (κ2) is 5.31.